The predicted octanol–water partition coefficient (Wildman–Crippen LogP) is 3.34. The average Bonchev–Trinajstić information content (AvgIpc) is 2.89. The van der Waals surface area contributed by atoms with Gasteiger partial charge in [-0.05, 0) is 44.6 Å². The third-order valence-corrected chi connectivity index (χ3v) is 4.04. The molecule has 1 aromatic rings. The molecule has 1 aliphatic rings. The lowest BCUT2D eigenvalue weighted by Gasteiger charge is -2.28. The van der Waals surface area contributed by atoms with Crippen LogP contribution in [0.15, 0.2) is 4.42 Å². The fourth-order valence-electron chi connectivity index (χ4n) is 2.93. The second-order valence-corrected chi connectivity index (χ2v) is 5.83. The quantitative estimate of drug-likeness (QED) is 0.715. The molecule has 114 valence electrons. The molecule has 1 heterocycles. The molecule has 0 bridgehead atoms. The van der Waals surface area contributed by atoms with Crippen LogP contribution in [0.5, 0.6) is 0 Å². The van der Waals surface area contributed by atoms with E-state index in [1.54, 1.807) is 0 Å². The molecule has 0 spiro atoms. The fraction of sp³-hybridized carbons (Fsp3) is 0.867. The molecule has 0 atom stereocenters. The lowest BCUT2D eigenvalue weighted by atomic mass is 9.83. The highest BCUT2D eigenvalue weighted by molar-refractivity contribution is 5.19. The molecular formula is C15H28N4O. The maximum atomic E-state index is 5.61. The monoisotopic (exact) mass is 280 g/mol. The first-order valence-electron chi connectivity index (χ1n) is 8.11. The molecule has 2 rings (SSSR count). The zero-order valence-corrected chi connectivity index (χ0v) is 12.8. The summed E-state index contributed by atoms with van der Waals surface area (Å²) in [7, 11) is 0. The Bertz CT molecular complexity index is 372. The Morgan fingerprint density at radius 1 is 1.10 bits per heavy atom. The van der Waals surface area contributed by atoms with Crippen LogP contribution in [-0.2, 0) is 6.54 Å². The second kappa shape index (κ2) is 8.25. The number of hydrogen-bond donors (Lipinski definition) is 2. The van der Waals surface area contributed by atoms with E-state index in [9.17, 15) is 0 Å². The molecule has 2 N–H and O–H groups in total. The summed E-state index contributed by atoms with van der Waals surface area (Å²) in [5, 5.41) is 14.8. The van der Waals surface area contributed by atoms with E-state index in [0.717, 1.165) is 18.9 Å². The molecule has 1 aliphatic carbocycles. The maximum Gasteiger partial charge on any atom is 0.315 e. The molecule has 0 unspecified atom stereocenters. The first kappa shape index (κ1) is 15.3. The van der Waals surface area contributed by atoms with Crippen LogP contribution in [0, 0.1) is 5.92 Å². The Hall–Kier alpha value is -1.10. The first-order chi connectivity index (χ1) is 9.81. The number of nitrogens with zero attached hydrogens (tertiary/aromatic N) is 2. The number of aromatic nitrogens is 2. The SMILES string of the molecule is CCCNCc1nnc(NC2CCC(CCC)CC2)o1. The van der Waals surface area contributed by atoms with Crippen molar-refractivity contribution in [3.8, 4) is 0 Å². The maximum absolute atomic E-state index is 5.61. The molecule has 0 amide bonds. The lowest BCUT2D eigenvalue weighted by Crippen LogP contribution is -2.26. The molecule has 1 saturated carbocycles. The third kappa shape index (κ3) is 4.78. The van der Waals surface area contributed by atoms with Crippen LogP contribution in [0.2, 0.25) is 0 Å². The van der Waals surface area contributed by atoms with Crippen molar-refractivity contribution in [3.63, 3.8) is 0 Å². The number of anilines is 1. The van der Waals surface area contributed by atoms with Crippen molar-refractivity contribution in [2.24, 2.45) is 5.92 Å². The van der Waals surface area contributed by atoms with Crippen LogP contribution in [-0.4, -0.2) is 22.8 Å². The topological polar surface area (TPSA) is 63.0 Å². The molecule has 0 aliphatic heterocycles. The Kier molecular flexibility index (Phi) is 6.30. The summed E-state index contributed by atoms with van der Waals surface area (Å²) in [6.45, 7) is 6.05. The minimum absolute atomic E-state index is 0.500. The van der Waals surface area contributed by atoms with E-state index in [1.165, 1.54) is 38.5 Å². The highest BCUT2D eigenvalue weighted by Gasteiger charge is 2.21. The van der Waals surface area contributed by atoms with Gasteiger partial charge in [0.25, 0.3) is 0 Å². The van der Waals surface area contributed by atoms with E-state index < -0.39 is 0 Å². The van der Waals surface area contributed by atoms with Gasteiger partial charge >= 0.3 is 6.01 Å². The van der Waals surface area contributed by atoms with E-state index in [4.69, 9.17) is 4.42 Å². The van der Waals surface area contributed by atoms with Crippen molar-refractivity contribution in [2.45, 2.75) is 71.4 Å². The molecule has 1 fully saturated rings. The second-order valence-electron chi connectivity index (χ2n) is 5.83. The molecule has 5 nitrogen and oxygen atoms in total. The normalized spacial score (nSPS) is 22.9. The molecular weight excluding hydrogens is 252 g/mol. The summed E-state index contributed by atoms with van der Waals surface area (Å²) in [6, 6.07) is 1.08. The van der Waals surface area contributed by atoms with Crippen LogP contribution in [0.25, 0.3) is 0 Å². The highest BCUT2D eigenvalue weighted by Crippen LogP contribution is 2.29. The first-order valence-corrected chi connectivity index (χ1v) is 8.11. The molecule has 0 aromatic carbocycles. The Labute approximate surface area is 121 Å². The molecule has 20 heavy (non-hydrogen) atoms. The van der Waals surface area contributed by atoms with Crippen molar-refractivity contribution in [1.82, 2.24) is 15.5 Å². The van der Waals surface area contributed by atoms with Gasteiger partial charge in [-0.15, -0.1) is 5.10 Å². The van der Waals surface area contributed by atoms with Gasteiger partial charge in [-0.2, -0.15) is 0 Å². The van der Waals surface area contributed by atoms with Crippen LogP contribution >= 0.6 is 0 Å². The van der Waals surface area contributed by atoms with E-state index in [2.05, 4.69) is 34.7 Å². The Balaban J connectivity index is 1.71. The van der Waals surface area contributed by atoms with Gasteiger partial charge in [0.15, 0.2) is 0 Å². The van der Waals surface area contributed by atoms with Crippen LogP contribution in [0.3, 0.4) is 0 Å². The van der Waals surface area contributed by atoms with Gasteiger partial charge in [0, 0.05) is 6.04 Å². The Morgan fingerprint density at radius 2 is 1.90 bits per heavy atom. The lowest BCUT2D eigenvalue weighted by molar-refractivity contribution is 0.315. The zero-order valence-electron chi connectivity index (χ0n) is 12.8. The van der Waals surface area contributed by atoms with Gasteiger partial charge < -0.3 is 15.1 Å². The molecule has 5 heteroatoms. The van der Waals surface area contributed by atoms with Gasteiger partial charge in [-0.25, -0.2) is 0 Å². The van der Waals surface area contributed by atoms with E-state index in [-0.39, 0.29) is 0 Å². The summed E-state index contributed by atoms with van der Waals surface area (Å²) < 4.78 is 5.61. The number of rotatable bonds is 8. The summed E-state index contributed by atoms with van der Waals surface area (Å²) in [5.41, 5.74) is 0. The van der Waals surface area contributed by atoms with Crippen molar-refractivity contribution in [2.75, 3.05) is 11.9 Å². The van der Waals surface area contributed by atoms with Gasteiger partial charge in [-0.1, -0.05) is 31.8 Å². The van der Waals surface area contributed by atoms with Gasteiger partial charge in [0.05, 0.1) is 6.54 Å². The Morgan fingerprint density at radius 3 is 2.60 bits per heavy atom. The van der Waals surface area contributed by atoms with E-state index in [0.29, 0.717) is 24.5 Å². The van der Waals surface area contributed by atoms with Crippen molar-refractivity contribution in [1.29, 1.82) is 0 Å². The minimum Gasteiger partial charge on any atom is -0.407 e. The number of nitrogens with one attached hydrogen (secondary N) is 2. The largest absolute Gasteiger partial charge is 0.407 e. The predicted molar refractivity (Wildman–Crippen MR) is 80.6 cm³/mol. The minimum atomic E-state index is 0.500. The fourth-order valence-corrected chi connectivity index (χ4v) is 2.93. The summed E-state index contributed by atoms with van der Waals surface area (Å²) in [4.78, 5) is 0. The van der Waals surface area contributed by atoms with Crippen LogP contribution in [0.4, 0.5) is 6.01 Å². The van der Waals surface area contributed by atoms with Crippen molar-refractivity contribution < 1.29 is 4.42 Å². The molecule has 1 aromatic heterocycles. The standard InChI is InChI=1S/C15H28N4O/c1-3-5-12-6-8-13(9-7-12)17-15-19-18-14(20-15)11-16-10-4-2/h12-13,16H,3-11H2,1-2H3,(H,17,19). The summed E-state index contributed by atoms with van der Waals surface area (Å²) >= 11 is 0. The van der Waals surface area contributed by atoms with Gasteiger partial charge in [0.2, 0.25) is 5.89 Å². The van der Waals surface area contributed by atoms with E-state index >= 15 is 0 Å². The van der Waals surface area contributed by atoms with Crippen molar-refractivity contribution in [3.05, 3.63) is 5.89 Å². The molecule has 0 saturated heterocycles. The molecule has 0 radical (unpaired) electrons. The highest BCUT2D eigenvalue weighted by atomic mass is 16.4. The van der Waals surface area contributed by atoms with Gasteiger partial charge in [-0.3, -0.25) is 0 Å². The number of hydrogen-bond acceptors (Lipinski definition) is 5. The average molecular weight is 280 g/mol. The summed E-state index contributed by atoms with van der Waals surface area (Å²) in [6.07, 6.45) is 8.88. The van der Waals surface area contributed by atoms with Crippen molar-refractivity contribution >= 4 is 6.01 Å². The summed E-state index contributed by atoms with van der Waals surface area (Å²) in [5.74, 6) is 1.59. The van der Waals surface area contributed by atoms with Crippen LogP contribution in [0.1, 0.15) is 64.7 Å². The smallest absolute Gasteiger partial charge is 0.315 e. The van der Waals surface area contributed by atoms with Crippen LogP contribution < -0.4 is 10.6 Å². The van der Waals surface area contributed by atoms with Gasteiger partial charge in [0.1, 0.15) is 0 Å². The van der Waals surface area contributed by atoms with E-state index in [1.807, 2.05) is 0 Å². The third-order valence-electron chi connectivity index (χ3n) is 4.04. The zero-order chi connectivity index (χ0) is 14.2.